The molecule has 18 heavy (non-hydrogen) atoms. The van der Waals surface area contributed by atoms with Gasteiger partial charge in [0.1, 0.15) is 0 Å². The fraction of sp³-hybridized carbons (Fsp3) is 0.467. The summed E-state index contributed by atoms with van der Waals surface area (Å²) >= 11 is 0. The van der Waals surface area contributed by atoms with E-state index in [1.807, 2.05) is 0 Å². The molecule has 0 bridgehead atoms. The maximum atomic E-state index is 11.7. The van der Waals surface area contributed by atoms with Gasteiger partial charge >= 0.3 is 5.97 Å². The Hall–Kier alpha value is -1.64. The molecule has 1 aromatic carbocycles. The summed E-state index contributed by atoms with van der Waals surface area (Å²) in [5.74, 6) is 0.130. The number of aryl methyl sites for hydroxylation is 1. The molecule has 1 aliphatic heterocycles. The summed E-state index contributed by atoms with van der Waals surface area (Å²) in [5.41, 5.74) is 3.27. The molecule has 0 unspecified atom stereocenters. The molecule has 3 heteroatoms. The van der Waals surface area contributed by atoms with Crippen molar-refractivity contribution < 1.29 is 9.63 Å². The molecule has 1 fully saturated rings. The van der Waals surface area contributed by atoms with Gasteiger partial charge in [0.25, 0.3) is 0 Å². The maximum Gasteiger partial charge on any atom is 0.338 e. The van der Waals surface area contributed by atoms with Crippen LogP contribution in [-0.4, -0.2) is 11.7 Å². The molecule has 0 N–H and O–H groups in total. The van der Waals surface area contributed by atoms with Crippen molar-refractivity contribution in [1.82, 2.24) is 0 Å². The number of hydrogen-bond acceptors (Lipinski definition) is 3. The minimum absolute atomic E-state index is 0.0209. The third-order valence-electron chi connectivity index (χ3n) is 4.00. The molecule has 3 rings (SSSR count). The Balaban J connectivity index is 1.95. The molecule has 2 aliphatic rings. The minimum atomic E-state index is -0.143. The number of benzene rings is 1. The Morgan fingerprint density at radius 1 is 1.11 bits per heavy atom. The summed E-state index contributed by atoms with van der Waals surface area (Å²) in [4.78, 5) is 16.7. The highest BCUT2D eigenvalue weighted by Gasteiger charge is 2.39. The van der Waals surface area contributed by atoms with Gasteiger partial charge in [-0.15, -0.1) is 0 Å². The van der Waals surface area contributed by atoms with Crippen molar-refractivity contribution in [2.45, 2.75) is 32.6 Å². The van der Waals surface area contributed by atoms with Crippen molar-refractivity contribution in [3.8, 4) is 0 Å². The van der Waals surface area contributed by atoms with E-state index >= 15 is 0 Å². The largest absolute Gasteiger partial charge is 0.338 e. The van der Waals surface area contributed by atoms with Crippen molar-refractivity contribution in [2.75, 3.05) is 0 Å². The molecule has 0 aromatic heterocycles. The number of carbonyl (C=O) groups is 1. The van der Waals surface area contributed by atoms with E-state index in [-0.39, 0.29) is 17.8 Å². The van der Waals surface area contributed by atoms with Gasteiger partial charge in [0.05, 0.1) is 11.6 Å². The zero-order valence-corrected chi connectivity index (χ0v) is 10.6. The van der Waals surface area contributed by atoms with Gasteiger partial charge in [-0.05, 0) is 25.3 Å². The van der Waals surface area contributed by atoms with E-state index in [0.29, 0.717) is 0 Å². The lowest BCUT2D eigenvalue weighted by molar-refractivity contribution is -0.152. The lowest BCUT2D eigenvalue weighted by atomic mass is 9.74. The third kappa shape index (κ3) is 1.94. The highest BCUT2D eigenvalue weighted by molar-refractivity contribution is 6.05. The topological polar surface area (TPSA) is 38.7 Å². The van der Waals surface area contributed by atoms with E-state index in [0.717, 1.165) is 30.5 Å². The standard InChI is InChI=1S/C15H17NO2/c1-10-6-8-11(9-7-10)14-12-4-2-3-5-13(12)15(17)18-16-14/h6-9,12-13H,2-5H2,1H3/t12-,13-/m1/s1. The number of hydrogen-bond donors (Lipinski definition) is 0. The molecular formula is C15H17NO2. The SMILES string of the molecule is Cc1ccc(C2=NOC(=O)[C@@H]3CCCC[C@@H]23)cc1. The third-order valence-corrected chi connectivity index (χ3v) is 4.00. The van der Waals surface area contributed by atoms with Gasteiger partial charge in [0, 0.05) is 5.92 Å². The van der Waals surface area contributed by atoms with Gasteiger partial charge < -0.3 is 4.84 Å². The number of fused-ring (bicyclic) bond motifs is 1. The van der Waals surface area contributed by atoms with Crippen LogP contribution in [-0.2, 0) is 9.63 Å². The van der Waals surface area contributed by atoms with Crippen LogP contribution in [0, 0.1) is 18.8 Å². The Morgan fingerprint density at radius 3 is 2.50 bits per heavy atom. The summed E-state index contributed by atoms with van der Waals surface area (Å²) in [6.45, 7) is 2.07. The smallest absolute Gasteiger partial charge is 0.318 e. The Labute approximate surface area is 107 Å². The molecular weight excluding hydrogens is 226 g/mol. The van der Waals surface area contributed by atoms with E-state index in [1.54, 1.807) is 0 Å². The molecule has 94 valence electrons. The van der Waals surface area contributed by atoms with E-state index in [9.17, 15) is 4.79 Å². The molecule has 0 spiro atoms. The fourth-order valence-corrected chi connectivity index (χ4v) is 2.96. The van der Waals surface area contributed by atoms with E-state index in [4.69, 9.17) is 4.84 Å². The van der Waals surface area contributed by atoms with Crippen LogP contribution < -0.4 is 0 Å². The summed E-state index contributed by atoms with van der Waals surface area (Å²) < 4.78 is 0. The normalized spacial score (nSPS) is 27.2. The Morgan fingerprint density at radius 2 is 1.78 bits per heavy atom. The van der Waals surface area contributed by atoms with Crippen LogP contribution in [0.2, 0.25) is 0 Å². The van der Waals surface area contributed by atoms with Crippen LogP contribution in [0.1, 0.15) is 36.8 Å². The molecule has 0 radical (unpaired) electrons. The van der Waals surface area contributed by atoms with Gasteiger partial charge in [-0.25, -0.2) is 4.79 Å². The minimum Gasteiger partial charge on any atom is -0.318 e. The van der Waals surface area contributed by atoms with Gasteiger partial charge in [-0.1, -0.05) is 47.8 Å². The summed E-state index contributed by atoms with van der Waals surface area (Å²) in [5, 5.41) is 4.06. The first-order chi connectivity index (χ1) is 8.75. The monoisotopic (exact) mass is 243 g/mol. The summed E-state index contributed by atoms with van der Waals surface area (Å²) in [6.07, 6.45) is 4.29. The predicted molar refractivity (Wildman–Crippen MR) is 69.3 cm³/mol. The number of nitrogens with zero attached hydrogens (tertiary/aromatic N) is 1. The summed E-state index contributed by atoms with van der Waals surface area (Å²) in [7, 11) is 0. The van der Waals surface area contributed by atoms with E-state index < -0.39 is 0 Å². The second-order valence-electron chi connectivity index (χ2n) is 5.25. The van der Waals surface area contributed by atoms with Gasteiger partial charge in [0.2, 0.25) is 0 Å². The second kappa shape index (κ2) is 4.56. The second-order valence-corrected chi connectivity index (χ2v) is 5.25. The molecule has 3 nitrogen and oxygen atoms in total. The Kier molecular flexibility index (Phi) is 2.90. The van der Waals surface area contributed by atoms with Crippen molar-refractivity contribution in [3.05, 3.63) is 35.4 Å². The molecule has 1 saturated carbocycles. The average molecular weight is 243 g/mol. The molecule has 2 atom stereocenters. The fourth-order valence-electron chi connectivity index (χ4n) is 2.96. The van der Waals surface area contributed by atoms with Crippen LogP contribution in [0.15, 0.2) is 29.4 Å². The number of oxime groups is 1. The Bertz CT molecular complexity index is 490. The van der Waals surface area contributed by atoms with Gasteiger partial charge in [-0.3, -0.25) is 0 Å². The zero-order valence-electron chi connectivity index (χ0n) is 10.6. The molecule has 0 saturated heterocycles. The van der Waals surface area contributed by atoms with Crippen molar-refractivity contribution in [2.24, 2.45) is 17.0 Å². The lowest BCUT2D eigenvalue weighted by Crippen LogP contribution is -2.37. The van der Waals surface area contributed by atoms with Gasteiger partial charge in [0.15, 0.2) is 0 Å². The van der Waals surface area contributed by atoms with Crippen LogP contribution in [0.3, 0.4) is 0 Å². The highest BCUT2D eigenvalue weighted by atomic mass is 16.7. The van der Waals surface area contributed by atoms with Crippen molar-refractivity contribution >= 4 is 11.7 Å². The molecule has 1 heterocycles. The quantitative estimate of drug-likeness (QED) is 0.711. The predicted octanol–water partition coefficient (Wildman–Crippen LogP) is 3.06. The van der Waals surface area contributed by atoms with E-state index in [1.165, 1.54) is 12.0 Å². The average Bonchev–Trinajstić information content (AvgIpc) is 2.41. The molecule has 1 aliphatic carbocycles. The van der Waals surface area contributed by atoms with Crippen LogP contribution >= 0.6 is 0 Å². The maximum absolute atomic E-state index is 11.7. The van der Waals surface area contributed by atoms with Crippen molar-refractivity contribution in [1.29, 1.82) is 0 Å². The highest BCUT2D eigenvalue weighted by Crippen LogP contribution is 2.36. The first-order valence-corrected chi connectivity index (χ1v) is 6.61. The first kappa shape index (κ1) is 11.5. The van der Waals surface area contributed by atoms with Crippen LogP contribution in [0.25, 0.3) is 0 Å². The lowest BCUT2D eigenvalue weighted by Gasteiger charge is -2.32. The molecule has 0 amide bonds. The first-order valence-electron chi connectivity index (χ1n) is 6.61. The summed E-state index contributed by atoms with van der Waals surface area (Å²) in [6, 6.07) is 8.29. The van der Waals surface area contributed by atoms with Crippen LogP contribution in [0.4, 0.5) is 0 Å². The molecule has 1 aromatic rings. The van der Waals surface area contributed by atoms with E-state index in [2.05, 4.69) is 36.3 Å². The van der Waals surface area contributed by atoms with Crippen LogP contribution in [0.5, 0.6) is 0 Å². The van der Waals surface area contributed by atoms with Gasteiger partial charge in [-0.2, -0.15) is 0 Å². The number of carbonyl (C=O) groups excluding carboxylic acids is 1. The number of rotatable bonds is 1. The van der Waals surface area contributed by atoms with Crippen molar-refractivity contribution in [3.63, 3.8) is 0 Å². The zero-order chi connectivity index (χ0) is 12.5.